The number of H-pyrrole nitrogens is 1. The van der Waals surface area contributed by atoms with Crippen LogP contribution in [0.2, 0.25) is 0 Å². The topological polar surface area (TPSA) is 33.1 Å². The van der Waals surface area contributed by atoms with Crippen molar-refractivity contribution in [2.75, 3.05) is 0 Å². The number of halogens is 3. The van der Waals surface area contributed by atoms with Gasteiger partial charge in [-0.1, -0.05) is 25.6 Å². The van der Waals surface area contributed by atoms with E-state index in [0.717, 1.165) is 17.0 Å². The summed E-state index contributed by atoms with van der Waals surface area (Å²) in [5.74, 6) is 0. The average molecular weight is 261 g/mol. The van der Waals surface area contributed by atoms with Gasteiger partial charge in [0, 0.05) is 11.8 Å². The number of aromatic nitrogens is 3. The third-order valence-corrected chi connectivity index (χ3v) is 2.62. The lowest BCUT2D eigenvalue weighted by Gasteiger charge is -2.01. The Bertz CT molecular complexity index is 597. The second-order valence-corrected chi connectivity index (χ2v) is 4.12. The number of aryl methyl sites for hydroxylation is 1. The van der Waals surface area contributed by atoms with Gasteiger partial charge in [0.25, 0.3) is 0 Å². The molecule has 0 fully saturated rings. The first-order valence-corrected chi connectivity index (χ1v) is 5.51. The van der Waals surface area contributed by atoms with Gasteiger partial charge in [0.1, 0.15) is 10.3 Å². The Morgan fingerprint density at radius 2 is 2.12 bits per heavy atom. The molecule has 0 atom stereocenters. The van der Waals surface area contributed by atoms with Crippen LogP contribution < -0.4 is 0 Å². The normalized spacial score (nSPS) is 12.2. The molecule has 2 rings (SSSR count). The molecule has 1 N–H and O–H groups in total. The van der Waals surface area contributed by atoms with Crippen molar-refractivity contribution in [1.29, 1.82) is 0 Å². The monoisotopic (exact) mass is 261 g/mol. The first-order chi connectivity index (χ1) is 7.91. The van der Waals surface area contributed by atoms with Gasteiger partial charge in [-0.3, -0.25) is 5.10 Å². The van der Waals surface area contributed by atoms with E-state index in [9.17, 15) is 13.2 Å². The van der Waals surface area contributed by atoms with Crippen LogP contribution in [0.5, 0.6) is 0 Å². The zero-order chi connectivity index (χ0) is 12.6. The summed E-state index contributed by atoms with van der Waals surface area (Å²) in [6.45, 7) is 1.97. The molecule has 0 aliphatic carbocycles. The minimum absolute atomic E-state index is 0.202. The largest absolute Gasteiger partial charge is 0.432 e. The molecule has 7 heteroatoms. The van der Waals surface area contributed by atoms with E-state index in [0.29, 0.717) is 16.8 Å². The van der Waals surface area contributed by atoms with Gasteiger partial charge in [-0.25, -0.2) is 9.50 Å². The fourth-order valence-corrected chi connectivity index (χ4v) is 1.85. The predicted octanol–water partition coefficient (Wildman–Crippen LogP) is 3.36. The molecular weight excluding hydrogens is 251 g/mol. The molecule has 3 nitrogen and oxygen atoms in total. The molecule has 0 unspecified atom stereocenters. The molecule has 0 aliphatic heterocycles. The zero-order valence-electron chi connectivity index (χ0n) is 9.01. The molecule has 0 bridgehead atoms. The van der Waals surface area contributed by atoms with E-state index in [1.165, 1.54) is 0 Å². The molecule has 0 amide bonds. The lowest BCUT2D eigenvalue weighted by molar-refractivity contribution is -0.141. The maximum absolute atomic E-state index is 12.5. The number of rotatable bonds is 2. The highest BCUT2D eigenvalue weighted by atomic mass is 32.1. The Hall–Kier alpha value is -1.37. The fraction of sp³-hybridized carbons (Fsp3) is 0.400. The van der Waals surface area contributed by atoms with Crippen LogP contribution in [0, 0.1) is 4.64 Å². The van der Waals surface area contributed by atoms with Crippen LogP contribution in [-0.2, 0) is 12.6 Å². The van der Waals surface area contributed by atoms with Crippen molar-refractivity contribution >= 4 is 17.9 Å². The molecule has 17 heavy (non-hydrogen) atoms. The van der Waals surface area contributed by atoms with Crippen LogP contribution >= 0.6 is 12.2 Å². The van der Waals surface area contributed by atoms with Gasteiger partial charge >= 0.3 is 6.18 Å². The summed E-state index contributed by atoms with van der Waals surface area (Å²) in [6, 6.07) is 2.58. The molecule has 2 aromatic heterocycles. The van der Waals surface area contributed by atoms with Gasteiger partial charge in [0.05, 0.1) is 0 Å². The fourth-order valence-electron chi connectivity index (χ4n) is 1.57. The minimum Gasteiger partial charge on any atom is -0.287 e. The summed E-state index contributed by atoms with van der Waals surface area (Å²) in [5, 5.41) is 2.20. The third-order valence-electron chi connectivity index (χ3n) is 2.31. The molecule has 2 aromatic rings. The van der Waals surface area contributed by atoms with Crippen molar-refractivity contribution < 1.29 is 13.2 Å². The summed E-state index contributed by atoms with van der Waals surface area (Å²) in [7, 11) is 0. The average Bonchev–Trinajstić information content (AvgIpc) is 2.61. The van der Waals surface area contributed by atoms with Gasteiger partial charge in [0.15, 0.2) is 5.65 Å². The van der Waals surface area contributed by atoms with Crippen LogP contribution in [0.15, 0.2) is 12.1 Å². The van der Waals surface area contributed by atoms with Crippen LogP contribution in [0.1, 0.15) is 24.7 Å². The van der Waals surface area contributed by atoms with Crippen LogP contribution in [0.3, 0.4) is 0 Å². The van der Waals surface area contributed by atoms with E-state index in [2.05, 4.69) is 10.1 Å². The van der Waals surface area contributed by atoms with Crippen molar-refractivity contribution in [2.24, 2.45) is 0 Å². The summed E-state index contributed by atoms with van der Waals surface area (Å²) in [4.78, 5) is 4.12. The second-order valence-electron chi connectivity index (χ2n) is 3.70. The Kier molecular flexibility index (Phi) is 2.94. The third kappa shape index (κ3) is 2.33. The molecule has 92 valence electrons. The molecule has 0 spiro atoms. The number of hydrogen-bond acceptors (Lipinski definition) is 2. The highest BCUT2D eigenvalue weighted by Gasteiger charge is 2.33. The summed E-state index contributed by atoms with van der Waals surface area (Å²) in [6.07, 6.45) is -2.85. The highest BCUT2D eigenvalue weighted by molar-refractivity contribution is 7.71. The molecule has 0 saturated carbocycles. The molecule has 0 saturated heterocycles. The number of hydrogen-bond donors (Lipinski definition) is 1. The summed E-state index contributed by atoms with van der Waals surface area (Å²) < 4.78 is 39.0. The summed E-state index contributed by atoms with van der Waals surface area (Å²) in [5.41, 5.74) is 0.0725. The minimum atomic E-state index is -4.42. The molecule has 0 aliphatic rings. The maximum Gasteiger partial charge on any atom is 0.432 e. The van der Waals surface area contributed by atoms with Gasteiger partial charge in [0.2, 0.25) is 0 Å². The predicted molar refractivity (Wildman–Crippen MR) is 59.4 cm³/mol. The first-order valence-electron chi connectivity index (χ1n) is 5.10. The van der Waals surface area contributed by atoms with Crippen LogP contribution in [-0.4, -0.2) is 14.6 Å². The maximum atomic E-state index is 12.5. The summed E-state index contributed by atoms with van der Waals surface area (Å²) >= 11 is 5.02. The van der Waals surface area contributed by atoms with Crippen LogP contribution in [0.25, 0.3) is 5.65 Å². The van der Waals surface area contributed by atoms with Crippen molar-refractivity contribution in [1.82, 2.24) is 14.6 Å². The Morgan fingerprint density at radius 1 is 1.41 bits per heavy atom. The van der Waals surface area contributed by atoms with Crippen molar-refractivity contribution in [3.8, 4) is 0 Å². The number of fused-ring (bicyclic) bond motifs is 1. The molecule has 0 radical (unpaired) electrons. The number of nitrogens with one attached hydrogen (secondary N) is 1. The smallest absolute Gasteiger partial charge is 0.287 e. The zero-order valence-corrected chi connectivity index (χ0v) is 9.82. The number of alkyl halides is 3. The van der Waals surface area contributed by atoms with Crippen LogP contribution in [0.4, 0.5) is 13.2 Å². The number of aromatic amines is 1. The van der Waals surface area contributed by atoms with E-state index in [1.54, 1.807) is 6.07 Å². The lowest BCUT2D eigenvalue weighted by Crippen LogP contribution is -2.06. The van der Waals surface area contributed by atoms with Crippen molar-refractivity contribution in [3.05, 3.63) is 28.2 Å². The van der Waals surface area contributed by atoms with E-state index < -0.39 is 11.9 Å². The molecular formula is C10H10F3N3S. The Morgan fingerprint density at radius 3 is 2.71 bits per heavy atom. The van der Waals surface area contributed by atoms with E-state index in [1.807, 2.05) is 6.92 Å². The number of nitrogens with zero attached hydrogens (tertiary/aromatic N) is 2. The van der Waals surface area contributed by atoms with Gasteiger partial charge in [-0.15, -0.1) is 0 Å². The van der Waals surface area contributed by atoms with Gasteiger partial charge in [-0.05, 0) is 12.5 Å². The van der Waals surface area contributed by atoms with E-state index in [-0.39, 0.29) is 5.65 Å². The lowest BCUT2D eigenvalue weighted by atomic mass is 10.2. The standard InChI is InChI=1S/C10H10F3N3S/c1-2-3-6-4-9(17)16-8(14-6)5-7(15-16)10(11,12)13/h4-5,15H,2-3H2,1H3. The second kappa shape index (κ2) is 4.14. The van der Waals surface area contributed by atoms with Gasteiger partial charge < -0.3 is 0 Å². The van der Waals surface area contributed by atoms with E-state index in [4.69, 9.17) is 12.2 Å². The van der Waals surface area contributed by atoms with E-state index >= 15 is 0 Å². The Labute approximate surface area is 100 Å². The SMILES string of the molecule is CCCc1cc(=S)n2[nH]c(C(F)(F)F)cc2n1. The quantitative estimate of drug-likeness (QED) is 0.841. The van der Waals surface area contributed by atoms with Crippen molar-refractivity contribution in [3.63, 3.8) is 0 Å². The highest BCUT2D eigenvalue weighted by Crippen LogP contribution is 2.28. The molecule has 0 aromatic carbocycles. The van der Waals surface area contributed by atoms with Gasteiger partial charge in [-0.2, -0.15) is 13.2 Å². The van der Waals surface area contributed by atoms with Crippen molar-refractivity contribution in [2.45, 2.75) is 25.9 Å². The Balaban J connectivity index is 2.61. The first kappa shape index (κ1) is 12.1. The molecule has 2 heterocycles.